The number of benzene rings is 2. The van der Waals surface area contributed by atoms with E-state index in [4.69, 9.17) is 0 Å². The van der Waals surface area contributed by atoms with Gasteiger partial charge in [0.25, 0.3) is 0 Å². The molecule has 0 aliphatic rings. The van der Waals surface area contributed by atoms with Crippen LogP contribution in [-0.4, -0.2) is 0 Å². The monoisotopic (exact) mass is 400 g/mol. The molecule has 2 rings (SSSR count). The lowest BCUT2D eigenvalue weighted by Gasteiger charge is -1.91. The number of unbranched alkanes of at least 4 members (excludes halogenated alkanes) is 2. The Morgan fingerprint density at radius 2 is 1.19 bits per heavy atom. The molecule has 2 aromatic rings. The van der Waals surface area contributed by atoms with Crippen LogP contribution in [0.1, 0.15) is 30.4 Å². The maximum Gasteiger partial charge on any atom is 0.0256 e. The smallest absolute Gasteiger partial charge is 0.0256 e. The zero-order valence-electron chi connectivity index (χ0n) is 11.5. The summed E-state index contributed by atoms with van der Waals surface area (Å²) in [4.78, 5) is 0. The Bertz CT molecular complexity index is 661. The van der Waals surface area contributed by atoms with Crippen molar-refractivity contribution in [3.63, 3.8) is 0 Å². The molecule has 0 amide bonds. The van der Waals surface area contributed by atoms with E-state index in [1.54, 1.807) is 0 Å². The summed E-state index contributed by atoms with van der Waals surface area (Å²) >= 11 is 6.89. The van der Waals surface area contributed by atoms with E-state index in [2.05, 4.69) is 55.5 Å². The van der Waals surface area contributed by atoms with Gasteiger partial charge in [0, 0.05) is 32.9 Å². The molecule has 0 aromatic heterocycles. The third kappa shape index (κ3) is 6.21. The first kappa shape index (κ1) is 15.9. The Morgan fingerprint density at radius 1 is 0.714 bits per heavy atom. The molecule has 2 heteroatoms. The van der Waals surface area contributed by atoms with Gasteiger partial charge < -0.3 is 0 Å². The first-order valence-corrected chi connectivity index (χ1v) is 8.31. The van der Waals surface area contributed by atoms with E-state index in [0.717, 1.165) is 39.3 Å². The van der Waals surface area contributed by atoms with Crippen LogP contribution in [0.3, 0.4) is 0 Å². The number of halogens is 2. The average Bonchev–Trinajstić information content (AvgIpc) is 2.46. The maximum atomic E-state index is 3.44. The van der Waals surface area contributed by atoms with Crippen LogP contribution in [0.4, 0.5) is 0 Å². The molecular weight excluding hydrogens is 388 g/mol. The Labute approximate surface area is 143 Å². The number of hydrogen-bond acceptors (Lipinski definition) is 0. The van der Waals surface area contributed by atoms with Gasteiger partial charge in [0.05, 0.1) is 0 Å². The van der Waals surface area contributed by atoms with Crippen LogP contribution in [0, 0.1) is 23.7 Å². The first-order valence-electron chi connectivity index (χ1n) is 6.73. The van der Waals surface area contributed by atoms with E-state index in [-0.39, 0.29) is 0 Å². The van der Waals surface area contributed by atoms with Crippen molar-refractivity contribution < 1.29 is 0 Å². The first-order chi connectivity index (χ1) is 10.2. The standard InChI is InChI=1S/C19H14Br2/c20-18-12-6-10-16(14-18)8-4-2-1-3-5-9-17-11-7-13-19(21)15-17/h6-7,10-15H,1-3H2. The molecule has 0 unspecified atom stereocenters. The highest BCUT2D eigenvalue weighted by atomic mass is 79.9. The van der Waals surface area contributed by atoms with Crippen LogP contribution in [0.25, 0.3) is 0 Å². The van der Waals surface area contributed by atoms with Crippen LogP contribution in [0.2, 0.25) is 0 Å². The van der Waals surface area contributed by atoms with Gasteiger partial charge in [-0.2, -0.15) is 0 Å². The van der Waals surface area contributed by atoms with Gasteiger partial charge >= 0.3 is 0 Å². The van der Waals surface area contributed by atoms with E-state index in [0.29, 0.717) is 0 Å². The van der Waals surface area contributed by atoms with Gasteiger partial charge in [-0.3, -0.25) is 0 Å². The minimum absolute atomic E-state index is 0.875. The fourth-order valence-electron chi connectivity index (χ4n) is 1.73. The summed E-state index contributed by atoms with van der Waals surface area (Å²) in [6.07, 6.45) is 2.75. The molecule has 0 N–H and O–H groups in total. The maximum absolute atomic E-state index is 3.44. The summed E-state index contributed by atoms with van der Waals surface area (Å²) in [6.45, 7) is 0. The summed E-state index contributed by atoms with van der Waals surface area (Å²) in [7, 11) is 0. The summed E-state index contributed by atoms with van der Waals surface area (Å²) in [5.41, 5.74) is 2.09. The van der Waals surface area contributed by atoms with Crippen LogP contribution in [0.5, 0.6) is 0 Å². The lowest BCUT2D eigenvalue weighted by atomic mass is 10.2. The summed E-state index contributed by atoms with van der Waals surface area (Å²) < 4.78 is 2.13. The lowest BCUT2D eigenvalue weighted by Crippen LogP contribution is -1.76. The van der Waals surface area contributed by atoms with Crippen molar-refractivity contribution in [3.8, 4) is 23.7 Å². The SMILES string of the molecule is Brc1cccc(C#CCCCC#Cc2cccc(Br)c2)c1. The molecule has 0 saturated carbocycles. The predicted molar refractivity (Wildman–Crippen MR) is 95.9 cm³/mol. The highest BCUT2D eigenvalue weighted by molar-refractivity contribution is 9.10. The van der Waals surface area contributed by atoms with E-state index >= 15 is 0 Å². The normalized spacial score (nSPS) is 9.24. The van der Waals surface area contributed by atoms with Crippen molar-refractivity contribution in [2.75, 3.05) is 0 Å². The molecule has 0 aliphatic carbocycles. The molecule has 0 saturated heterocycles. The third-order valence-corrected chi connectivity index (χ3v) is 3.70. The molecule has 21 heavy (non-hydrogen) atoms. The fourth-order valence-corrected chi connectivity index (χ4v) is 2.53. The van der Waals surface area contributed by atoms with Crippen molar-refractivity contribution >= 4 is 31.9 Å². The van der Waals surface area contributed by atoms with Gasteiger partial charge in [0.2, 0.25) is 0 Å². The van der Waals surface area contributed by atoms with Crippen molar-refractivity contribution in [1.82, 2.24) is 0 Å². The average molecular weight is 402 g/mol. The van der Waals surface area contributed by atoms with Gasteiger partial charge in [-0.15, -0.1) is 0 Å². The van der Waals surface area contributed by atoms with Crippen molar-refractivity contribution in [1.29, 1.82) is 0 Å². The topological polar surface area (TPSA) is 0 Å². The Hall–Kier alpha value is -1.48. The van der Waals surface area contributed by atoms with Crippen molar-refractivity contribution in [2.24, 2.45) is 0 Å². The quantitative estimate of drug-likeness (QED) is 0.441. The highest BCUT2D eigenvalue weighted by Crippen LogP contribution is 2.11. The number of rotatable bonds is 2. The van der Waals surface area contributed by atoms with E-state index < -0.39 is 0 Å². The van der Waals surface area contributed by atoms with Gasteiger partial charge in [0.15, 0.2) is 0 Å². The van der Waals surface area contributed by atoms with Gasteiger partial charge in [-0.25, -0.2) is 0 Å². The summed E-state index contributed by atoms with van der Waals surface area (Å²) in [5, 5.41) is 0. The van der Waals surface area contributed by atoms with Crippen LogP contribution in [-0.2, 0) is 0 Å². The van der Waals surface area contributed by atoms with Gasteiger partial charge in [0.1, 0.15) is 0 Å². The predicted octanol–water partition coefficient (Wildman–Crippen LogP) is 5.79. The molecule has 0 radical (unpaired) electrons. The van der Waals surface area contributed by atoms with Crippen LogP contribution in [0.15, 0.2) is 57.5 Å². The van der Waals surface area contributed by atoms with Crippen LogP contribution < -0.4 is 0 Å². The Kier molecular flexibility index (Phi) is 6.61. The second-order valence-electron chi connectivity index (χ2n) is 4.48. The molecule has 104 valence electrons. The molecule has 0 heterocycles. The largest absolute Gasteiger partial charge is 0.0979 e. The fraction of sp³-hybridized carbons (Fsp3) is 0.158. The van der Waals surface area contributed by atoms with Crippen molar-refractivity contribution in [2.45, 2.75) is 19.3 Å². The molecule has 0 bridgehead atoms. The molecule has 2 aromatic carbocycles. The zero-order chi connectivity index (χ0) is 14.9. The summed E-state index contributed by atoms with van der Waals surface area (Å²) in [6, 6.07) is 16.1. The Balaban J connectivity index is 1.76. The van der Waals surface area contributed by atoms with E-state index in [1.165, 1.54) is 0 Å². The molecule has 0 atom stereocenters. The molecule has 0 nitrogen and oxygen atoms in total. The van der Waals surface area contributed by atoms with Crippen LogP contribution >= 0.6 is 31.9 Å². The second-order valence-corrected chi connectivity index (χ2v) is 6.31. The second kappa shape index (κ2) is 8.73. The Morgan fingerprint density at radius 3 is 1.62 bits per heavy atom. The van der Waals surface area contributed by atoms with Crippen molar-refractivity contribution in [3.05, 3.63) is 68.6 Å². The summed E-state index contributed by atoms with van der Waals surface area (Å²) in [5.74, 6) is 12.7. The number of hydrogen-bond donors (Lipinski definition) is 0. The van der Waals surface area contributed by atoms with E-state index in [1.807, 2.05) is 48.5 Å². The highest BCUT2D eigenvalue weighted by Gasteiger charge is 1.89. The molecule has 0 spiro atoms. The van der Waals surface area contributed by atoms with Gasteiger partial charge in [-0.05, 0) is 42.8 Å². The zero-order valence-corrected chi connectivity index (χ0v) is 14.7. The molecular formula is C19H14Br2. The third-order valence-electron chi connectivity index (χ3n) is 2.72. The van der Waals surface area contributed by atoms with E-state index in [9.17, 15) is 0 Å². The van der Waals surface area contributed by atoms with Gasteiger partial charge in [-0.1, -0.05) is 67.7 Å². The molecule has 0 aliphatic heterocycles. The molecule has 0 fully saturated rings. The minimum atomic E-state index is 0.875. The lowest BCUT2D eigenvalue weighted by molar-refractivity contribution is 0.903. The minimum Gasteiger partial charge on any atom is -0.0979 e.